The quantitative estimate of drug-likeness (QED) is 0.754. The maximum Gasteiger partial charge on any atom is 0.136 e. The van der Waals surface area contributed by atoms with Gasteiger partial charge in [0.15, 0.2) is 0 Å². The molecule has 108 valence electrons. The molecule has 0 amide bonds. The lowest BCUT2D eigenvalue weighted by Gasteiger charge is -2.02. The lowest BCUT2D eigenvalue weighted by Crippen LogP contribution is -2.00. The molecule has 2 aromatic heterocycles. The van der Waals surface area contributed by atoms with E-state index in [1.807, 2.05) is 43.4 Å². The summed E-state index contributed by atoms with van der Waals surface area (Å²) in [7, 11) is 1.83. The summed E-state index contributed by atoms with van der Waals surface area (Å²) in [5.41, 5.74) is 1.71. The average Bonchev–Trinajstić information content (AvgIpc) is 2.96. The monoisotopic (exact) mass is 284 g/mol. The van der Waals surface area contributed by atoms with E-state index in [1.54, 1.807) is 6.20 Å². The number of nitrogens with zero attached hydrogens (tertiary/aromatic N) is 1. The van der Waals surface area contributed by atoms with Crippen molar-refractivity contribution in [1.29, 1.82) is 0 Å². The first-order valence-electron chi connectivity index (χ1n) is 6.71. The van der Waals surface area contributed by atoms with Gasteiger partial charge in [-0.25, -0.2) is 4.98 Å². The number of fused-ring (bicyclic) bond motifs is 1. The lowest BCUT2D eigenvalue weighted by molar-refractivity contribution is 0.201. The highest BCUT2D eigenvalue weighted by Gasteiger charge is 2.08. The van der Waals surface area contributed by atoms with Crippen LogP contribution in [0.25, 0.3) is 22.3 Å². The zero-order valence-electron chi connectivity index (χ0n) is 11.7. The number of hydrogen-bond acceptors (Lipinski definition) is 5. The van der Waals surface area contributed by atoms with Gasteiger partial charge >= 0.3 is 0 Å². The van der Waals surface area contributed by atoms with E-state index in [0.717, 1.165) is 28.1 Å². The predicted octanol–water partition coefficient (Wildman–Crippen LogP) is 2.91. The fourth-order valence-electron chi connectivity index (χ4n) is 2.10. The predicted molar refractivity (Wildman–Crippen MR) is 81.6 cm³/mol. The summed E-state index contributed by atoms with van der Waals surface area (Å²) < 4.78 is 11.2. The van der Waals surface area contributed by atoms with E-state index >= 15 is 0 Å². The Balaban J connectivity index is 1.92. The molecule has 3 aromatic rings. The molecule has 0 unspecified atom stereocenters. The van der Waals surface area contributed by atoms with Gasteiger partial charge in [-0.05, 0) is 36.4 Å². The molecule has 5 heteroatoms. The molecule has 0 saturated heterocycles. The van der Waals surface area contributed by atoms with Gasteiger partial charge < -0.3 is 19.6 Å². The van der Waals surface area contributed by atoms with E-state index < -0.39 is 0 Å². The number of anilines is 1. The number of ether oxygens (including phenoxy) is 1. The van der Waals surface area contributed by atoms with Crippen LogP contribution in [0.1, 0.15) is 0 Å². The first kappa shape index (κ1) is 13.5. The summed E-state index contributed by atoms with van der Waals surface area (Å²) in [6.45, 7) is 0.282. The standard InChI is InChI=1S/C16H16N2O3/c1-17-16-5-2-11(10-18-16)15-9-12-8-13(20-7-6-19)3-4-14(12)21-15/h2-5,8-10,19H,6-7H2,1H3,(H,17,18). The minimum absolute atomic E-state index is 0.00183. The van der Waals surface area contributed by atoms with Crippen molar-refractivity contribution in [3.8, 4) is 17.1 Å². The van der Waals surface area contributed by atoms with Gasteiger partial charge in [-0.3, -0.25) is 0 Å². The molecule has 1 aromatic carbocycles. The second-order valence-electron chi connectivity index (χ2n) is 4.56. The largest absolute Gasteiger partial charge is 0.491 e. The lowest BCUT2D eigenvalue weighted by atomic mass is 10.2. The maximum absolute atomic E-state index is 8.78. The minimum atomic E-state index is -0.00183. The van der Waals surface area contributed by atoms with E-state index in [-0.39, 0.29) is 13.2 Å². The number of benzene rings is 1. The van der Waals surface area contributed by atoms with Crippen LogP contribution in [0.5, 0.6) is 5.75 Å². The Morgan fingerprint density at radius 3 is 2.86 bits per heavy atom. The molecule has 0 aliphatic rings. The molecule has 0 spiro atoms. The first-order valence-corrected chi connectivity index (χ1v) is 6.71. The van der Waals surface area contributed by atoms with Crippen molar-refractivity contribution in [3.05, 3.63) is 42.6 Å². The van der Waals surface area contributed by atoms with Crippen LogP contribution in [0.2, 0.25) is 0 Å². The Morgan fingerprint density at radius 1 is 1.24 bits per heavy atom. The van der Waals surface area contributed by atoms with Crippen molar-refractivity contribution < 1.29 is 14.3 Å². The van der Waals surface area contributed by atoms with Gasteiger partial charge in [0, 0.05) is 24.2 Å². The summed E-state index contributed by atoms with van der Waals surface area (Å²) in [6.07, 6.45) is 1.77. The minimum Gasteiger partial charge on any atom is -0.491 e. The third kappa shape index (κ3) is 2.83. The molecule has 2 heterocycles. The number of nitrogens with one attached hydrogen (secondary N) is 1. The fourth-order valence-corrected chi connectivity index (χ4v) is 2.10. The second-order valence-corrected chi connectivity index (χ2v) is 4.56. The van der Waals surface area contributed by atoms with Crippen LogP contribution < -0.4 is 10.1 Å². The molecule has 5 nitrogen and oxygen atoms in total. The molecule has 3 rings (SSSR count). The first-order chi connectivity index (χ1) is 10.3. The van der Waals surface area contributed by atoms with Crippen molar-refractivity contribution in [2.24, 2.45) is 0 Å². The van der Waals surface area contributed by atoms with Crippen molar-refractivity contribution in [2.45, 2.75) is 0 Å². The molecule has 0 aliphatic carbocycles. The van der Waals surface area contributed by atoms with Gasteiger partial charge in [0.2, 0.25) is 0 Å². The number of aliphatic hydroxyl groups excluding tert-OH is 1. The molecule has 0 saturated carbocycles. The van der Waals surface area contributed by atoms with Crippen molar-refractivity contribution in [3.63, 3.8) is 0 Å². The molecular formula is C16H16N2O3. The zero-order chi connectivity index (χ0) is 14.7. The number of pyridine rings is 1. The number of aromatic nitrogens is 1. The summed E-state index contributed by atoms with van der Waals surface area (Å²) in [6, 6.07) is 11.4. The Kier molecular flexibility index (Phi) is 3.75. The SMILES string of the molecule is CNc1ccc(-c2cc3cc(OCCO)ccc3o2)cn1. The average molecular weight is 284 g/mol. The maximum atomic E-state index is 8.78. The highest BCUT2D eigenvalue weighted by atomic mass is 16.5. The van der Waals surface area contributed by atoms with E-state index in [2.05, 4.69) is 10.3 Å². The molecule has 0 atom stereocenters. The van der Waals surface area contributed by atoms with Crippen molar-refractivity contribution in [1.82, 2.24) is 4.98 Å². The highest BCUT2D eigenvalue weighted by molar-refractivity contribution is 5.84. The smallest absolute Gasteiger partial charge is 0.136 e. The Morgan fingerprint density at radius 2 is 2.14 bits per heavy atom. The van der Waals surface area contributed by atoms with Gasteiger partial charge in [-0.15, -0.1) is 0 Å². The van der Waals surface area contributed by atoms with E-state index in [0.29, 0.717) is 5.75 Å². The molecule has 2 N–H and O–H groups in total. The summed E-state index contributed by atoms with van der Waals surface area (Å²) in [5, 5.41) is 12.7. The summed E-state index contributed by atoms with van der Waals surface area (Å²) in [5.74, 6) is 2.29. The second kappa shape index (κ2) is 5.85. The Bertz CT molecular complexity index is 735. The molecule has 21 heavy (non-hydrogen) atoms. The van der Waals surface area contributed by atoms with Gasteiger partial charge in [0.25, 0.3) is 0 Å². The van der Waals surface area contributed by atoms with Crippen LogP contribution in [-0.4, -0.2) is 30.4 Å². The van der Waals surface area contributed by atoms with Crippen molar-refractivity contribution >= 4 is 16.8 Å². The van der Waals surface area contributed by atoms with Crippen LogP contribution in [0.3, 0.4) is 0 Å². The Labute approximate surface area is 122 Å². The van der Waals surface area contributed by atoms with Crippen LogP contribution in [0.4, 0.5) is 5.82 Å². The fraction of sp³-hybridized carbons (Fsp3) is 0.188. The topological polar surface area (TPSA) is 67.5 Å². The van der Waals surface area contributed by atoms with Gasteiger partial charge in [0.1, 0.15) is 29.5 Å². The summed E-state index contributed by atoms with van der Waals surface area (Å²) >= 11 is 0. The summed E-state index contributed by atoms with van der Waals surface area (Å²) in [4.78, 5) is 4.28. The third-order valence-corrected chi connectivity index (χ3v) is 3.15. The molecular weight excluding hydrogens is 268 g/mol. The normalized spacial score (nSPS) is 10.8. The van der Waals surface area contributed by atoms with Crippen molar-refractivity contribution in [2.75, 3.05) is 25.6 Å². The highest BCUT2D eigenvalue weighted by Crippen LogP contribution is 2.30. The van der Waals surface area contributed by atoms with E-state index in [4.69, 9.17) is 14.3 Å². The third-order valence-electron chi connectivity index (χ3n) is 3.15. The zero-order valence-corrected chi connectivity index (χ0v) is 11.7. The van der Waals surface area contributed by atoms with E-state index in [1.165, 1.54) is 0 Å². The van der Waals surface area contributed by atoms with Gasteiger partial charge in [-0.2, -0.15) is 0 Å². The number of aliphatic hydroxyl groups is 1. The number of hydrogen-bond donors (Lipinski definition) is 2. The van der Waals surface area contributed by atoms with E-state index in [9.17, 15) is 0 Å². The number of furan rings is 1. The van der Waals surface area contributed by atoms with Gasteiger partial charge in [-0.1, -0.05) is 0 Å². The Hall–Kier alpha value is -2.53. The molecule has 0 fully saturated rings. The molecule has 0 radical (unpaired) electrons. The van der Waals surface area contributed by atoms with Crippen LogP contribution in [0.15, 0.2) is 47.0 Å². The van der Waals surface area contributed by atoms with Crippen LogP contribution >= 0.6 is 0 Å². The van der Waals surface area contributed by atoms with Crippen LogP contribution in [0, 0.1) is 0 Å². The number of rotatable bonds is 5. The van der Waals surface area contributed by atoms with Crippen LogP contribution in [-0.2, 0) is 0 Å². The van der Waals surface area contributed by atoms with Gasteiger partial charge in [0.05, 0.1) is 6.61 Å². The molecule has 0 bridgehead atoms. The molecule has 0 aliphatic heterocycles.